The van der Waals surface area contributed by atoms with Crippen LogP contribution in [0.2, 0.25) is 0 Å². The minimum absolute atomic E-state index is 0.109. The third kappa shape index (κ3) is 4.36. The normalized spacial score (nSPS) is 11.9. The Kier molecular flexibility index (Phi) is 7.02. The third-order valence-corrected chi connectivity index (χ3v) is 3.64. The van der Waals surface area contributed by atoms with Crippen molar-refractivity contribution in [2.75, 3.05) is 33.9 Å². The summed E-state index contributed by atoms with van der Waals surface area (Å²) in [7, 11) is 3.20. The highest BCUT2D eigenvalue weighted by molar-refractivity contribution is 5.79. The van der Waals surface area contributed by atoms with Crippen LogP contribution >= 0.6 is 0 Å². The lowest BCUT2D eigenvalue weighted by Crippen LogP contribution is -2.39. The number of hydrogen-bond donors (Lipinski definition) is 1. The molecular formula is C16H26N2O3. The Bertz CT molecular complexity index is 459. The Morgan fingerprint density at radius 1 is 1.19 bits per heavy atom. The van der Waals surface area contributed by atoms with Gasteiger partial charge in [0, 0.05) is 19.6 Å². The lowest BCUT2D eigenvalue weighted by molar-refractivity contribution is -0.134. The van der Waals surface area contributed by atoms with Gasteiger partial charge in [0.25, 0.3) is 0 Å². The molecule has 0 aromatic heterocycles. The maximum Gasteiger partial charge on any atom is 0.227 e. The van der Waals surface area contributed by atoms with Crippen LogP contribution < -0.4 is 15.2 Å². The van der Waals surface area contributed by atoms with E-state index in [1.54, 1.807) is 14.2 Å². The molecule has 0 spiro atoms. The van der Waals surface area contributed by atoms with Gasteiger partial charge in [0.05, 0.1) is 20.1 Å². The molecule has 5 heteroatoms. The molecule has 0 saturated carbocycles. The number of amides is 1. The summed E-state index contributed by atoms with van der Waals surface area (Å²) >= 11 is 0. The summed E-state index contributed by atoms with van der Waals surface area (Å²) in [5, 5.41) is 0. The molecule has 1 aromatic rings. The summed E-state index contributed by atoms with van der Waals surface area (Å²) in [5.41, 5.74) is 6.81. The van der Waals surface area contributed by atoms with Crippen LogP contribution in [0.5, 0.6) is 11.5 Å². The molecule has 0 aliphatic carbocycles. The summed E-state index contributed by atoms with van der Waals surface area (Å²) < 4.78 is 10.5. The molecular weight excluding hydrogens is 268 g/mol. The topological polar surface area (TPSA) is 64.8 Å². The Labute approximate surface area is 127 Å². The van der Waals surface area contributed by atoms with Crippen LogP contribution in [0.15, 0.2) is 18.2 Å². The van der Waals surface area contributed by atoms with Gasteiger partial charge in [-0.15, -0.1) is 0 Å². The highest BCUT2D eigenvalue weighted by Crippen LogP contribution is 2.28. The highest BCUT2D eigenvalue weighted by Gasteiger charge is 2.22. The van der Waals surface area contributed by atoms with Gasteiger partial charge in [-0.25, -0.2) is 0 Å². The van der Waals surface area contributed by atoms with Crippen molar-refractivity contribution in [2.45, 2.75) is 20.3 Å². The number of nitrogens with two attached hydrogens (primary N) is 1. The smallest absolute Gasteiger partial charge is 0.227 e. The van der Waals surface area contributed by atoms with E-state index in [-0.39, 0.29) is 11.8 Å². The first kappa shape index (κ1) is 17.3. The number of methoxy groups -OCH3 is 2. The zero-order valence-corrected chi connectivity index (χ0v) is 13.4. The fourth-order valence-corrected chi connectivity index (χ4v) is 2.36. The quantitative estimate of drug-likeness (QED) is 0.792. The molecule has 0 bridgehead atoms. The molecule has 2 N–H and O–H groups in total. The van der Waals surface area contributed by atoms with Gasteiger partial charge in [0.2, 0.25) is 5.91 Å². The molecule has 0 radical (unpaired) electrons. The van der Waals surface area contributed by atoms with Crippen molar-refractivity contribution in [3.05, 3.63) is 23.8 Å². The number of carbonyl (C=O) groups excluding carboxylic acids is 1. The molecule has 0 heterocycles. The van der Waals surface area contributed by atoms with Gasteiger partial charge in [0.1, 0.15) is 0 Å². The largest absolute Gasteiger partial charge is 0.493 e. The second-order valence-electron chi connectivity index (χ2n) is 4.84. The summed E-state index contributed by atoms with van der Waals surface area (Å²) in [5.74, 6) is 1.25. The fraction of sp³-hybridized carbons (Fsp3) is 0.562. The van der Waals surface area contributed by atoms with Crippen molar-refractivity contribution in [3.8, 4) is 11.5 Å². The van der Waals surface area contributed by atoms with Crippen molar-refractivity contribution in [1.29, 1.82) is 0 Å². The molecule has 0 fully saturated rings. The summed E-state index contributed by atoms with van der Waals surface area (Å²) in [6.45, 7) is 5.70. The molecule has 1 aromatic carbocycles. The minimum atomic E-state index is -0.206. The Morgan fingerprint density at radius 2 is 1.81 bits per heavy atom. The lowest BCUT2D eigenvalue weighted by atomic mass is 9.97. The zero-order valence-electron chi connectivity index (χ0n) is 13.4. The van der Waals surface area contributed by atoms with Crippen molar-refractivity contribution in [1.82, 2.24) is 4.90 Å². The summed E-state index contributed by atoms with van der Waals surface area (Å²) in [4.78, 5) is 14.2. The molecule has 0 aliphatic heterocycles. The van der Waals surface area contributed by atoms with E-state index in [9.17, 15) is 4.79 Å². The molecule has 0 aliphatic rings. The van der Waals surface area contributed by atoms with Gasteiger partial charge in [-0.2, -0.15) is 0 Å². The molecule has 0 saturated heterocycles. The third-order valence-electron chi connectivity index (χ3n) is 3.64. The van der Waals surface area contributed by atoms with E-state index in [1.807, 2.05) is 36.9 Å². The van der Waals surface area contributed by atoms with E-state index in [4.69, 9.17) is 15.2 Å². The molecule has 1 amide bonds. The van der Waals surface area contributed by atoms with Crippen LogP contribution in [0, 0.1) is 5.92 Å². The SMILES string of the molecule is CCN(CC)C(=O)C(CN)Cc1ccc(OC)c(OC)c1. The van der Waals surface area contributed by atoms with Crippen LogP contribution in [0.25, 0.3) is 0 Å². The first-order chi connectivity index (χ1) is 10.1. The second kappa shape index (κ2) is 8.52. The highest BCUT2D eigenvalue weighted by atomic mass is 16.5. The predicted molar refractivity (Wildman–Crippen MR) is 83.7 cm³/mol. The maximum atomic E-state index is 12.4. The van der Waals surface area contributed by atoms with Gasteiger partial charge >= 0.3 is 0 Å². The molecule has 1 rings (SSSR count). The van der Waals surface area contributed by atoms with Crippen LogP contribution in [0.3, 0.4) is 0 Å². The minimum Gasteiger partial charge on any atom is -0.493 e. The van der Waals surface area contributed by atoms with E-state index in [2.05, 4.69) is 0 Å². The molecule has 1 unspecified atom stereocenters. The summed E-state index contributed by atoms with van der Waals surface area (Å²) in [6.07, 6.45) is 0.603. The number of ether oxygens (including phenoxy) is 2. The van der Waals surface area contributed by atoms with Gasteiger partial charge in [0.15, 0.2) is 11.5 Å². The Morgan fingerprint density at radius 3 is 2.29 bits per heavy atom. The van der Waals surface area contributed by atoms with Crippen molar-refractivity contribution < 1.29 is 14.3 Å². The number of carbonyl (C=O) groups is 1. The zero-order chi connectivity index (χ0) is 15.8. The number of rotatable bonds is 8. The van der Waals surface area contributed by atoms with Crippen molar-refractivity contribution in [2.24, 2.45) is 11.7 Å². The first-order valence-electron chi connectivity index (χ1n) is 7.30. The van der Waals surface area contributed by atoms with E-state index >= 15 is 0 Å². The first-order valence-corrected chi connectivity index (χ1v) is 7.30. The van der Waals surface area contributed by atoms with E-state index < -0.39 is 0 Å². The molecule has 1 atom stereocenters. The molecule has 118 valence electrons. The number of hydrogen-bond acceptors (Lipinski definition) is 4. The van der Waals surface area contributed by atoms with E-state index in [0.717, 1.165) is 5.56 Å². The average Bonchev–Trinajstić information content (AvgIpc) is 2.53. The monoisotopic (exact) mass is 294 g/mol. The number of nitrogens with zero attached hydrogens (tertiary/aromatic N) is 1. The van der Waals surface area contributed by atoms with Gasteiger partial charge in [-0.1, -0.05) is 6.07 Å². The van der Waals surface area contributed by atoms with Crippen LogP contribution in [0.4, 0.5) is 0 Å². The predicted octanol–water partition coefficient (Wildman–Crippen LogP) is 1.69. The molecule has 5 nitrogen and oxygen atoms in total. The Balaban J connectivity index is 2.89. The Hall–Kier alpha value is -1.75. The standard InChI is InChI=1S/C16H26N2O3/c1-5-18(6-2)16(19)13(11-17)9-12-7-8-14(20-3)15(10-12)21-4/h7-8,10,13H,5-6,9,11,17H2,1-4H3. The van der Waals surface area contributed by atoms with Crippen LogP contribution in [0.1, 0.15) is 19.4 Å². The lowest BCUT2D eigenvalue weighted by Gasteiger charge is -2.24. The van der Waals surface area contributed by atoms with E-state index in [0.29, 0.717) is 37.6 Å². The van der Waals surface area contributed by atoms with Crippen LogP contribution in [-0.4, -0.2) is 44.7 Å². The van der Waals surface area contributed by atoms with Crippen molar-refractivity contribution >= 4 is 5.91 Å². The average molecular weight is 294 g/mol. The van der Waals surface area contributed by atoms with Crippen molar-refractivity contribution in [3.63, 3.8) is 0 Å². The summed E-state index contributed by atoms with van der Waals surface area (Å²) in [6, 6.07) is 5.69. The number of benzene rings is 1. The van der Waals surface area contributed by atoms with Gasteiger partial charge < -0.3 is 20.1 Å². The van der Waals surface area contributed by atoms with Gasteiger partial charge in [-0.05, 0) is 38.0 Å². The van der Waals surface area contributed by atoms with Crippen LogP contribution in [-0.2, 0) is 11.2 Å². The van der Waals surface area contributed by atoms with E-state index in [1.165, 1.54) is 0 Å². The molecule has 21 heavy (non-hydrogen) atoms. The van der Waals surface area contributed by atoms with Gasteiger partial charge in [-0.3, -0.25) is 4.79 Å². The second-order valence-corrected chi connectivity index (χ2v) is 4.84. The maximum absolute atomic E-state index is 12.4. The fourth-order valence-electron chi connectivity index (χ4n) is 2.36.